The molecule has 182 valence electrons. The summed E-state index contributed by atoms with van der Waals surface area (Å²) in [6.45, 7) is 0.888. The topological polar surface area (TPSA) is 55.8 Å². The van der Waals surface area contributed by atoms with Gasteiger partial charge in [0.2, 0.25) is 0 Å². The van der Waals surface area contributed by atoms with Crippen molar-refractivity contribution in [2.45, 2.75) is 44.3 Å². The van der Waals surface area contributed by atoms with E-state index in [0.717, 1.165) is 40.2 Å². The van der Waals surface area contributed by atoms with Crippen molar-refractivity contribution >= 4 is 5.78 Å². The molecule has 1 saturated carbocycles. The van der Waals surface area contributed by atoms with E-state index in [0.29, 0.717) is 26.1 Å². The van der Waals surface area contributed by atoms with Crippen LogP contribution in [0.2, 0.25) is 0 Å². The van der Waals surface area contributed by atoms with E-state index in [1.165, 1.54) is 0 Å². The van der Waals surface area contributed by atoms with E-state index in [2.05, 4.69) is 0 Å². The molecule has 2 unspecified atom stereocenters. The van der Waals surface area contributed by atoms with Crippen molar-refractivity contribution in [3.8, 4) is 17.2 Å². The van der Waals surface area contributed by atoms with Crippen molar-refractivity contribution in [3.05, 3.63) is 125 Å². The van der Waals surface area contributed by atoms with E-state index in [-0.39, 0.29) is 23.4 Å². The summed E-state index contributed by atoms with van der Waals surface area (Å²) in [7, 11) is 0. The van der Waals surface area contributed by atoms with Crippen LogP contribution in [0, 0.1) is 0 Å². The lowest BCUT2D eigenvalue weighted by molar-refractivity contribution is -0.121. The fraction of sp³-hybridized carbons (Fsp3) is 0.219. The Labute approximate surface area is 212 Å². The Kier molecular flexibility index (Phi) is 7.32. The van der Waals surface area contributed by atoms with Crippen LogP contribution in [-0.4, -0.2) is 10.9 Å². The molecule has 4 heteroatoms. The minimum atomic E-state index is -0.0398. The summed E-state index contributed by atoms with van der Waals surface area (Å²) in [6, 6.07) is 33.5. The first-order valence-electron chi connectivity index (χ1n) is 12.4. The second-order valence-corrected chi connectivity index (χ2v) is 9.34. The van der Waals surface area contributed by atoms with Gasteiger partial charge in [0.15, 0.2) is 0 Å². The minimum absolute atomic E-state index is 0.0398. The zero-order valence-corrected chi connectivity index (χ0v) is 20.2. The fourth-order valence-electron chi connectivity index (χ4n) is 5.00. The van der Waals surface area contributed by atoms with Gasteiger partial charge < -0.3 is 14.6 Å². The first kappa shape index (κ1) is 23.7. The van der Waals surface area contributed by atoms with Crippen LogP contribution in [0.5, 0.6) is 17.2 Å². The number of carbonyl (C=O) groups is 1. The highest BCUT2D eigenvalue weighted by Crippen LogP contribution is 2.47. The normalized spacial score (nSPS) is 17.5. The van der Waals surface area contributed by atoms with Gasteiger partial charge in [-0.15, -0.1) is 0 Å². The standard InChI is InChI=1S/C32H30O4/c33-26-13-7-12-25(18-26)29-16-14-27(34)19-31(29)30-17-15-28(35-21-23-8-3-1-4-9-23)20-32(30)36-22-24-10-5-2-6-11-24/h1-13,15,17-18,20,29,31,33H,14,16,19,21-22H2. The molecule has 0 saturated heterocycles. The summed E-state index contributed by atoms with van der Waals surface area (Å²) >= 11 is 0. The van der Waals surface area contributed by atoms with Crippen LogP contribution in [0.4, 0.5) is 0 Å². The molecule has 0 aromatic heterocycles. The summed E-state index contributed by atoms with van der Waals surface area (Å²) in [5.41, 5.74) is 4.21. The van der Waals surface area contributed by atoms with Gasteiger partial charge in [0.25, 0.3) is 0 Å². The number of ketones is 1. The third-order valence-electron chi connectivity index (χ3n) is 6.84. The molecule has 0 radical (unpaired) electrons. The van der Waals surface area contributed by atoms with Gasteiger partial charge in [-0.25, -0.2) is 0 Å². The number of ether oxygens (including phenoxy) is 2. The van der Waals surface area contributed by atoms with Crippen molar-refractivity contribution in [2.24, 2.45) is 0 Å². The maximum atomic E-state index is 12.6. The fourth-order valence-corrected chi connectivity index (χ4v) is 5.00. The monoisotopic (exact) mass is 478 g/mol. The van der Waals surface area contributed by atoms with Crippen molar-refractivity contribution in [3.63, 3.8) is 0 Å². The van der Waals surface area contributed by atoms with Crippen LogP contribution in [0.1, 0.15) is 53.4 Å². The number of hydrogen-bond donors (Lipinski definition) is 1. The number of rotatable bonds is 8. The van der Waals surface area contributed by atoms with Crippen molar-refractivity contribution in [2.75, 3.05) is 0 Å². The maximum absolute atomic E-state index is 12.6. The Morgan fingerprint density at radius 1 is 0.722 bits per heavy atom. The molecule has 2 atom stereocenters. The van der Waals surface area contributed by atoms with Gasteiger partial charge in [-0.05, 0) is 52.8 Å². The van der Waals surface area contributed by atoms with Gasteiger partial charge in [-0.1, -0.05) is 78.9 Å². The molecule has 5 rings (SSSR count). The molecule has 0 spiro atoms. The van der Waals surface area contributed by atoms with Crippen LogP contribution in [-0.2, 0) is 18.0 Å². The van der Waals surface area contributed by atoms with Crippen molar-refractivity contribution in [1.82, 2.24) is 0 Å². The molecule has 4 aromatic carbocycles. The number of benzene rings is 4. The molecule has 0 amide bonds. The largest absolute Gasteiger partial charge is 0.508 e. The van der Waals surface area contributed by atoms with Crippen molar-refractivity contribution in [1.29, 1.82) is 0 Å². The SMILES string of the molecule is O=C1CCC(c2cccc(O)c2)C(c2ccc(OCc3ccccc3)cc2OCc2ccccc2)C1. The molecular formula is C32H30O4. The van der Waals surface area contributed by atoms with Gasteiger partial charge in [0.05, 0.1) is 0 Å². The van der Waals surface area contributed by atoms with E-state index >= 15 is 0 Å². The average Bonchev–Trinajstić information content (AvgIpc) is 2.92. The Morgan fingerprint density at radius 2 is 1.42 bits per heavy atom. The maximum Gasteiger partial charge on any atom is 0.133 e. The van der Waals surface area contributed by atoms with Crippen LogP contribution in [0.15, 0.2) is 103 Å². The molecule has 36 heavy (non-hydrogen) atoms. The molecule has 1 aliphatic rings. The smallest absolute Gasteiger partial charge is 0.133 e. The molecule has 1 fully saturated rings. The zero-order chi connectivity index (χ0) is 24.7. The number of aromatic hydroxyl groups is 1. The summed E-state index contributed by atoms with van der Waals surface area (Å²) < 4.78 is 12.5. The second-order valence-electron chi connectivity index (χ2n) is 9.34. The van der Waals surface area contributed by atoms with Crippen LogP contribution >= 0.6 is 0 Å². The van der Waals surface area contributed by atoms with Gasteiger partial charge in [0.1, 0.15) is 36.2 Å². The molecule has 0 aliphatic heterocycles. The first-order valence-corrected chi connectivity index (χ1v) is 12.4. The van der Waals surface area contributed by atoms with Crippen LogP contribution in [0.3, 0.4) is 0 Å². The van der Waals surface area contributed by atoms with Crippen molar-refractivity contribution < 1.29 is 19.4 Å². The third kappa shape index (κ3) is 5.77. The lowest BCUT2D eigenvalue weighted by Gasteiger charge is -2.33. The molecule has 0 heterocycles. The van der Waals surface area contributed by atoms with Gasteiger partial charge in [-0.2, -0.15) is 0 Å². The predicted octanol–water partition coefficient (Wildman–Crippen LogP) is 7.17. The predicted molar refractivity (Wildman–Crippen MR) is 140 cm³/mol. The lowest BCUT2D eigenvalue weighted by Crippen LogP contribution is -2.22. The quantitative estimate of drug-likeness (QED) is 0.292. The molecular weight excluding hydrogens is 448 g/mol. The van der Waals surface area contributed by atoms with E-state index in [1.54, 1.807) is 6.07 Å². The molecule has 4 nitrogen and oxygen atoms in total. The molecule has 1 aliphatic carbocycles. The summed E-state index contributed by atoms with van der Waals surface area (Å²) in [6.07, 6.45) is 1.75. The number of Topliss-reactive ketones (excluding diaryl/α,β-unsaturated/α-hetero) is 1. The first-order chi connectivity index (χ1) is 17.7. The number of hydrogen-bond acceptors (Lipinski definition) is 4. The molecule has 0 bridgehead atoms. The third-order valence-corrected chi connectivity index (χ3v) is 6.84. The Balaban J connectivity index is 1.46. The molecule has 4 aromatic rings. The van der Waals surface area contributed by atoms with Gasteiger partial charge >= 0.3 is 0 Å². The highest BCUT2D eigenvalue weighted by atomic mass is 16.5. The van der Waals surface area contributed by atoms with Gasteiger partial charge in [-0.3, -0.25) is 4.79 Å². The second kappa shape index (κ2) is 11.1. The Morgan fingerprint density at radius 3 is 2.11 bits per heavy atom. The molecule has 1 N–H and O–H groups in total. The minimum Gasteiger partial charge on any atom is -0.508 e. The zero-order valence-electron chi connectivity index (χ0n) is 20.2. The van der Waals surface area contributed by atoms with E-state index in [4.69, 9.17) is 9.47 Å². The average molecular weight is 479 g/mol. The van der Waals surface area contributed by atoms with E-state index in [9.17, 15) is 9.90 Å². The van der Waals surface area contributed by atoms with Crippen LogP contribution < -0.4 is 9.47 Å². The lowest BCUT2D eigenvalue weighted by atomic mass is 9.71. The summed E-state index contributed by atoms with van der Waals surface area (Å²) in [4.78, 5) is 12.6. The van der Waals surface area contributed by atoms with E-state index in [1.807, 2.05) is 97.1 Å². The summed E-state index contributed by atoms with van der Waals surface area (Å²) in [5, 5.41) is 10.1. The van der Waals surface area contributed by atoms with Gasteiger partial charge in [0, 0.05) is 24.8 Å². The highest BCUT2D eigenvalue weighted by Gasteiger charge is 2.33. The summed E-state index contributed by atoms with van der Waals surface area (Å²) in [5.74, 6) is 2.03. The Bertz CT molecular complexity index is 1300. The number of carbonyl (C=O) groups excluding carboxylic acids is 1. The number of phenolic OH excluding ortho intramolecular Hbond substituents is 1. The van der Waals surface area contributed by atoms with E-state index < -0.39 is 0 Å². The Hall–Kier alpha value is -4.05. The highest BCUT2D eigenvalue weighted by molar-refractivity contribution is 5.81. The van der Waals surface area contributed by atoms with Crippen LogP contribution in [0.25, 0.3) is 0 Å². The number of phenols is 1.